The zero-order chi connectivity index (χ0) is 17.7. The smallest absolute Gasteiger partial charge is 0.143 e. The molecule has 0 amide bonds. The fourth-order valence-electron chi connectivity index (χ4n) is 6.14. The quantitative estimate of drug-likeness (QED) is 0.672. The van der Waals surface area contributed by atoms with E-state index in [9.17, 15) is 20.1 Å². The highest BCUT2D eigenvalue weighted by molar-refractivity contribution is 5.88. The second-order valence-corrected chi connectivity index (χ2v) is 8.77. The number of hydrogen-bond donors (Lipinski definition) is 3. The highest BCUT2D eigenvalue weighted by Gasteiger charge is 2.69. The molecular weight excluding hydrogens is 320 g/mol. The average molecular weight is 342 g/mol. The van der Waals surface area contributed by atoms with Gasteiger partial charge in [-0.25, -0.2) is 0 Å². The molecule has 1 aromatic rings. The zero-order valence-corrected chi connectivity index (χ0v) is 14.3. The van der Waals surface area contributed by atoms with Crippen molar-refractivity contribution >= 4 is 5.78 Å². The molecule has 6 atom stereocenters. The summed E-state index contributed by atoms with van der Waals surface area (Å²) in [5, 5.41) is 31.4. The fraction of sp³-hybridized carbons (Fsp3) is 0.550. The van der Waals surface area contributed by atoms with Gasteiger partial charge in [-0.2, -0.15) is 0 Å². The number of phenolic OH excluding ortho intramolecular Hbond substituents is 1. The maximum Gasteiger partial charge on any atom is 0.143 e. The van der Waals surface area contributed by atoms with Crippen molar-refractivity contribution < 1.29 is 24.9 Å². The van der Waals surface area contributed by atoms with Crippen molar-refractivity contribution in [3.05, 3.63) is 35.6 Å². The summed E-state index contributed by atoms with van der Waals surface area (Å²) in [6, 6.07) is 5.10. The van der Waals surface area contributed by atoms with Crippen molar-refractivity contribution in [1.29, 1.82) is 0 Å². The van der Waals surface area contributed by atoms with Gasteiger partial charge in [-0.3, -0.25) is 4.79 Å². The molecule has 0 saturated heterocycles. The Balaban J connectivity index is 1.73. The number of carbonyl (C=O) groups excluding carboxylic acids is 1. The number of allylic oxidation sites excluding steroid dienone is 1. The van der Waals surface area contributed by atoms with E-state index in [2.05, 4.69) is 13.8 Å². The molecule has 3 N–H and O–H groups in total. The van der Waals surface area contributed by atoms with Crippen molar-refractivity contribution in [1.82, 2.24) is 0 Å². The van der Waals surface area contributed by atoms with Gasteiger partial charge >= 0.3 is 0 Å². The van der Waals surface area contributed by atoms with Gasteiger partial charge in [-0.15, -0.1) is 0 Å². The maximum atomic E-state index is 12.8. The summed E-state index contributed by atoms with van der Waals surface area (Å²) in [7, 11) is 0. The van der Waals surface area contributed by atoms with E-state index in [1.165, 1.54) is 0 Å². The third-order valence-electron chi connectivity index (χ3n) is 7.19. The van der Waals surface area contributed by atoms with E-state index in [-0.39, 0.29) is 41.1 Å². The summed E-state index contributed by atoms with van der Waals surface area (Å²) in [6.07, 6.45) is 1.23. The van der Waals surface area contributed by atoms with Crippen molar-refractivity contribution in [3.8, 4) is 11.5 Å². The molecule has 5 nitrogen and oxygen atoms in total. The normalized spacial score (nSPS) is 43.0. The van der Waals surface area contributed by atoms with Crippen molar-refractivity contribution in [3.63, 3.8) is 0 Å². The predicted molar refractivity (Wildman–Crippen MR) is 89.0 cm³/mol. The van der Waals surface area contributed by atoms with E-state index < -0.39 is 17.6 Å². The Kier molecular flexibility index (Phi) is 2.75. The van der Waals surface area contributed by atoms with E-state index in [0.29, 0.717) is 12.2 Å². The highest BCUT2D eigenvalue weighted by atomic mass is 16.5. The number of hydrogen-bond acceptors (Lipinski definition) is 5. The topological polar surface area (TPSA) is 87.0 Å². The van der Waals surface area contributed by atoms with Gasteiger partial charge in [0.1, 0.15) is 17.3 Å². The molecule has 5 rings (SSSR count). The van der Waals surface area contributed by atoms with Crippen LogP contribution in [0.25, 0.3) is 0 Å². The van der Waals surface area contributed by atoms with Crippen LogP contribution >= 0.6 is 0 Å². The van der Waals surface area contributed by atoms with Crippen molar-refractivity contribution in [2.75, 3.05) is 0 Å². The summed E-state index contributed by atoms with van der Waals surface area (Å²) >= 11 is 0. The van der Waals surface area contributed by atoms with Crippen molar-refractivity contribution in [2.45, 2.75) is 44.3 Å². The number of ether oxygens (including phenoxy) is 1. The maximum absolute atomic E-state index is 12.8. The molecule has 1 aliphatic heterocycles. The number of carbonyl (C=O) groups is 1. The molecule has 2 bridgehead atoms. The molecule has 3 fully saturated rings. The lowest BCUT2D eigenvalue weighted by Crippen LogP contribution is -2.55. The van der Waals surface area contributed by atoms with Crippen LogP contribution in [-0.2, 0) is 4.79 Å². The lowest BCUT2D eigenvalue weighted by molar-refractivity contribution is -0.149. The SMILES string of the molecule is CC1(C)[C@@H]2C[C@]3(O)CC(=O)[C@@H](C4=COc5cc(O)ccc5[C@H]41)[C@@H]2[C@H]3O. The number of Topliss-reactive ketones (excluding diaryl/α,β-unsaturated/α-hetero) is 1. The van der Waals surface area contributed by atoms with Gasteiger partial charge in [-0.1, -0.05) is 19.9 Å². The molecule has 0 radical (unpaired) electrons. The lowest BCUT2D eigenvalue weighted by atomic mass is 9.51. The number of phenols is 1. The first-order valence-corrected chi connectivity index (χ1v) is 8.87. The molecule has 1 heterocycles. The molecule has 0 spiro atoms. The van der Waals surface area contributed by atoms with Gasteiger partial charge in [0.05, 0.1) is 18.0 Å². The standard InChI is InChI=1S/C20H22O5/c1-19(2)12-6-20(24)7-13(22)15(16(12)18(20)23)11-8-25-14-5-9(21)3-4-10(14)17(11)19/h3-5,8,12,15-18,21,23-24H,6-7H2,1-2H3/t12-,15-,16-,17-,18-,20+/m1/s1. The first kappa shape index (κ1) is 15.4. The van der Waals surface area contributed by atoms with Crippen LogP contribution in [0.4, 0.5) is 0 Å². The number of aromatic hydroxyl groups is 1. The van der Waals surface area contributed by atoms with E-state index >= 15 is 0 Å². The highest BCUT2D eigenvalue weighted by Crippen LogP contribution is 2.68. The first-order chi connectivity index (χ1) is 11.7. The fourth-order valence-corrected chi connectivity index (χ4v) is 6.14. The summed E-state index contributed by atoms with van der Waals surface area (Å²) in [4.78, 5) is 12.8. The summed E-state index contributed by atoms with van der Waals surface area (Å²) < 4.78 is 5.76. The van der Waals surface area contributed by atoms with Crippen LogP contribution in [-0.4, -0.2) is 32.8 Å². The zero-order valence-electron chi connectivity index (χ0n) is 14.3. The molecule has 5 heteroatoms. The van der Waals surface area contributed by atoms with Crippen LogP contribution in [0, 0.1) is 23.2 Å². The first-order valence-electron chi connectivity index (χ1n) is 8.87. The van der Waals surface area contributed by atoms with Gasteiger partial charge in [0.25, 0.3) is 0 Å². The molecule has 0 aromatic heterocycles. The monoisotopic (exact) mass is 342 g/mol. The summed E-state index contributed by atoms with van der Waals surface area (Å²) in [6.45, 7) is 4.30. The van der Waals surface area contributed by atoms with Gasteiger partial charge in [0, 0.05) is 35.8 Å². The van der Waals surface area contributed by atoms with E-state index in [4.69, 9.17) is 4.74 Å². The molecular formula is C20H22O5. The van der Waals surface area contributed by atoms with Crippen LogP contribution in [0.2, 0.25) is 0 Å². The van der Waals surface area contributed by atoms with Crippen LogP contribution < -0.4 is 4.74 Å². The Morgan fingerprint density at radius 3 is 2.80 bits per heavy atom. The summed E-state index contributed by atoms with van der Waals surface area (Å²) in [5.41, 5.74) is 0.312. The Morgan fingerprint density at radius 1 is 1.28 bits per heavy atom. The minimum Gasteiger partial charge on any atom is -0.508 e. The third-order valence-corrected chi connectivity index (χ3v) is 7.19. The second-order valence-electron chi connectivity index (χ2n) is 8.77. The predicted octanol–water partition coefficient (Wildman–Crippen LogP) is 2.11. The minimum absolute atomic E-state index is 0.00196. The number of benzene rings is 1. The van der Waals surface area contributed by atoms with Gasteiger partial charge in [-0.05, 0) is 29.4 Å². The Labute approximate surface area is 145 Å². The molecule has 4 aliphatic rings. The number of ketones is 1. The lowest BCUT2D eigenvalue weighted by Gasteiger charge is -2.53. The number of fused-ring (bicyclic) bond motifs is 5. The molecule has 3 saturated carbocycles. The Bertz CT molecular complexity index is 825. The molecule has 25 heavy (non-hydrogen) atoms. The minimum atomic E-state index is -1.30. The van der Waals surface area contributed by atoms with E-state index in [1.807, 2.05) is 6.07 Å². The number of aliphatic hydroxyl groups is 2. The number of rotatable bonds is 0. The third kappa shape index (κ3) is 1.73. The number of aliphatic hydroxyl groups excluding tert-OH is 1. The Morgan fingerprint density at radius 2 is 2.04 bits per heavy atom. The molecule has 0 unspecified atom stereocenters. The molecule has 132 valence electrons. The summed E-state index contributed by atoms with van der Waals surface area (Å²) in [5.74, 6) is 0.112. The largest absolute Gasteiger partial charge is 0.508 e. The van der Waals surface area contributed by atoms with Gasteiger partial charge in [0.15, 0.2) is 0 Å². The Hall–Kier alpha value is -1.85. The van der Waals surface area contributed by atoms with Crippen LogP contribution in [0.5, 0.6) is 11.5 Å². The van der Waals surface area contributed by atoms with Crippen LogP contribution in [0.3, 0.4) is 0 Å². The van der Waals surface area contributed by atoms with Crippen LogP contribution in [0.1, 0.15) is 38.2 Å². The van der Waals surface area contributed by atoms with Crippen molar-refractivity contribution in [2.24, 2.45) is 23.2 Å². The second kappa shape index (κ2) is 4.46. The van der Waals surface area contributed by atoms with E-state index in [0.717, 1.165) is 11.1 Å². The average Bonchev–Trinajstić information content (AvgIpc) is 2.73. The van der Waals surface area contributed by atoms with Gasteiger partial charge < -0.3 is 20.1 Å². The van der Waals surface area contributed by atoms with Gasteiger partial charge in [0.2, 0.25) is 0 Å². The molecule has 1 aromatic carbocycles. The van der Waals surface area contributed by atoms with E-state index in [1.54, 1.807) is 18.4 Å². The molecule has 3 aliphatic carbocycles. The van der Waals surface area contributed by atoms with Crippen LogP contribution in [0.15, 0.2) is 30.0 Å².